The maximum atomic E-state index is 15.0. The van der Waals surface area contributed by atoms with Gasteiger partial charge in [-0.25, -0.2) is 13.2 Å². The van der Waals surface area contributed by atoms with Crippen LogP contribution < -0.4 is 4.74 Å². The standard InChI is InChI=1S/C29H31F3O/c1-3-33-29-27(31)17-24(18-28(29)32)25-14-13-23(16-26(25)30)22-11-9-20(10-12-22)15-19(2)21-7-5-4-6-8-21/h4-8,13-14,16-20,22H,3,9-12,15H2,1-2H3/t19-,20?,22?/m1/s1. The summed E-state index contributed by atoms with van der Waals surface area (Å²) in [5, 5.41) is 0. The first kappa shape index (κ1) is 23.4. The fourth-order valence-electron chi connectivity index (χ4n) is 5.17. The molecular weight excluding hydrogens is 421 g/mol. The van der Waals surface area contributed by atoms with Crippen molar-refractivity contribution in [2.75, 3.05) is 6.61 Å². The topological polar surface area (TPSA) is 9.23 Å². The quantitative estimate of drug-likeness (QED) is 0.349. The van der Waals surface area contributed by atoms with Crippen LogP contribution in [0.1, 0.15) is 68.9 Å². The molecule has 0 unspecified atom stereocenters. The van der Waals surface area contributed by atoms with E-state index in [4.69, 9.17) is 4.74 Å². The van der Waals surface area contributed by atoms with Gasteiger partial charge in [0.15, 0.2) is 17.4 Å². The lowest BCUT2D eigenvalue weighted by molar-refractivity contribution is 0.297. The highest BCUT2D eigenvalue weighted by molar-refractivity contribution is 5.66. The summed E-state index contributed by atoms with van der Waals surface area (Å²) >= 11 is 0. The summed E-state index contributed by atoms with van der Waals surface area (Å²) in [6, 6.07) is 18.0. The Bertz CT molecular complexity index is 1050. The van der Waals surface area contributed by atoms with E-state index in [1.54, 1.807) is 19.1 Å². The Morgan fingerprint density at radius 1 is 0.848 bits per heavy atom. The Balaban J connectivity index is 1.41. The fraction of sp³-hybridized carbons (Fsp3) is 0.379. The van der Waals surface area contributed by atoms with E-state index in [1.165, 1.54) is 12.0 Å². The van der Waals surface area contributed by atoms with Gasteiger partial charge in [-0.2, -0.15) is 0 Å². The Morgan fingerprint density at radius 3 is 2.12 bits per heavy atom. The van der Waals surface area contributed by atoms with E-state index in [1.807, 2.05) is 6.07 Å². The summed E-state index contributed by atoms with van der Waals surface area (Å²) in [5.74, 6) is -0.955. The van der Waals surface area contributed by atoms with Crippen LogP contribution in [0, 0.1) is 23.4 Å². The molecule has 0 aliphatic heterocycles. The molecule has 0 amide bonds. The van der Waals surface area contributed by atoms with Crippen LogP contribution in [-0.2, 0) is 0 Å². The maximum absolute atomic E-state index is 15.0. The zero-order valence-corrected chi connectivity index (χ0v) is 19.3. The summed E-state index contributed by atoms with van der Waals surface area (Å²) in [4.78, 5) is 0. The van der Waals surface area contributed by atoms with Gasteiger partial charge in [-0.15, -0.1) is 0 Å². The molecule has 4 heteroatoms. The summed E-state index contributed by atoms with van der Waals surface area (Å²) < 4.78 is 48.4. The molecule has 0 bridgehead atoms. The lowest BCUT2D eigenvalue weighted by Gasteiger charge is -2.30. The molecule has 0 radical (unpaired) electrons. The zero-order chi connectivity index (χ0) is 23.4. The van der Waals surface area contributed by atoms with Crippen molar-refractivity contribution in [1.29, 1.82) is 0 Å². The van der Waals surface area contributed by atoms with Crippen LogP contribution in [0.3, 0.4) is 0 Å². The lowest BCUT2D eigenvalue weighted by Crippen LogP contribution is -2.15. The van der Waals surface area contributed by atoms with E-state index in [9.17, 15) is 13.2 Å². The zero-order valence-electron chi connectivity index (χ0n) is 19.3. The molecule has 1 fully saturated rings. The minimum Gasteiger partial charge on any atom is -0.488 e. The van der Waals surface area contributed by atoms with E-state index < -0.39 is 23.2 Å². The van der Waals surface area contributed by atoms with Gasteiger partial charge in [0.2, 0.25) is 0 Å². The van der Waals surface area contributed by atoms with Crippen molar-refractivity contribution in [3.63, 3.8) is 0 Å². The molecule has 0 heterocycles. The van der Waals surface area contributed by atoms with E-state index in [0.717, 1.165) is 43.4 Å². The molecule has 1 atom stereocenters. The third-order valence-electron chi connectivity index (χ3n) is 6.96. The molecule has 4 rings (SSSR count). The lowest BCUT2D eigenvalue weighted by atomic mass is 9.75. The van der Waals surface area contributed by atoms with E-state index >= 15 is 0 Å². The molecule has 0 saturated heterocycles. The van der Waals surface area contributed by atoms with Gasteiger partial charge < -0.3 is 4.74 Å². The largest absolute Gasteiger partial charge is 0.488 e. The number of benzene rings is 3. The number of rotatable bonds is 7. The predicted molar refractivity (Wildman–Crippen MR) is 127 cm³/mol. The van der Waals surface area contributed by atoms with Gasteiger partial charge in [0.25, 0.3) is 0 Å². The van der Waals surface area contributed by atoms with Gasteiger partial charge in [-0.05, 0) is 91.7 Å². The van der Waals surface area contributed by atoms with Crippen molar-refractivity contribution in [3.8, 4) is 16.9 Å². The second-order valence-electron chi connectivity index (χ2n) is 9.21. The van der Waals surface area contributed by atoms with Crippen molar-refractivity contribution in [1.82, 2.24) is 0 Å². The Morgan fingerprint density at radius 2 is 1.52 bits per heavy atom. The molecular formula is C29H31F3O. The van der Waals surface area contributed by atoms with Crippen molar-refractivity contribution in [3.05, 3.63) is 89.2 Å². The third kappa shape index (κ3) is 5.43. The minimum atomic E-state index is -0.821. The molecule has 1 nitrogen and oxygen atoms in total. The normalized spacial score (nSPS) is 19.3. The maximum Gasteiger partial charge on any atom is 0.190 e. The van der Waals surface area contributed by atoms with Crippen LogP contribution in [0.2, 0.25) is 0 Å². The van der Waals surface area contributed by atoms with Gasteiger partial charge in [-0.3, -0.25) is 0 Å². The molecule has 0 aromatic heterocycles. The summed E-state index contributed by atoms with van der Waals surface area (Å²) in [6.07, 6.45) is 5.54. The average molecular weight is 453 g/mol. The molecule has 0 spiro atoms. The van der Waals surface area contributed by atoms with Crippen molar-refractivity contribution in [2.45, 2.75) is 57.8 Å². The minimum absolute atomic E-state index is 0.156. The first-order chi connectivity index (χ1) is 16.0. The predicted octanol–water partition coefficient (Wildman–Crippen LogP) is 8.64. The van der Waals surface area contributed by atoms with Gasteiger partial charge in [-0.1, -0.05) is 49.4 Å². The first-order valence-corrected chi connectivity index (χ1v) is 11.9. The number of hydrogen-bond acceptors (Lipinski definition) is 1. The van der Waals surface area contributed by atoms with Crippen LogP contribution >= 0.6 is 0 Å². The van der Waals surface area contributed by atoms with Gasteiger partial charge in [0.1, 0.15) is 5.82 Å². The highest BCUT2D eigenvalue weighted by atomic mass is 19.1. The molecule has 1 saturated carbocycles. The van der Waals surface area contributed by atoms with E-state index in [2.05, 4.69) is 37.3 Å². The summed E-state index contributed by atoms with van der Waals surface area (Å²) in [7, 11) is 0. The van der Waals surface area contributed by atoms with Crippen LogP contribution in [0.25, 0.3) is 11.1 Å². The molecule has 0 N–H and O–H groups in total. The number of hydrogen-bond donors (Lipinski definition) is 0. The van der Waals surface area contributed by atoms with Gasteiger partial charge >= 0.3 is 0 Å². The number of halogens is 3. The van der Waals surface area contributed by atoms with E-state index in [0.29, 0.717) is 17.8 Å². The number of ether oxygens (including phenoxy) is 1. The summed E-state index contributed by atoms with van der Waals surface area (Å²) in [5.41, 5.74) is 2.73. The monoisotopic (exact) mass is 452 g/mol. The first-order valence-electron chi connectivity index (χ1n) is 11.9. The summed E-state index contributed by atoms with van der Waals surface area (Å²) in [6.45, 7) is 4.11. The average Bonchev–Trinajstić information content (AvgIpc) is 2.82. The highest BCUT2D eigenvalue weighted by Crippen LogP contribution is 2.40. The Hall–Kier alpha value is -2.75. The highest BCUT2D eigenvalue weighted by Gasteiger charge is 2.25. The molecule has 33 heavy (non-hydrogen) atoms. The SMILES string of the molecule is CCOc1c(F)cc(-c2ccc(C3CCC(C[C@@H](C)c4ccccc4)CC3)cc2F)cc1F. The van der Waals surface area contributed by atoms with E-state index in [-0.39, 0.29) is 17.7 Å². The third-order valence-corrected chi connectivity index (χ3v) is 6.96. The molecule has 3 aromatic carbocycles. The second kappa shape index (κ2) is 10.5. The van der Waals surface area contributed by atoms with Crippen molar-refractivity contribution >= 4 is 0 Å². The Labute approximate surface area is 194 Å². The molecule has 1 aliphatic rings. The molecule has 1 aliphatic carbocycles. The van der Waals surface area contributed by atoms with Crippen LogP contribution in [0.15, 0.2) is 60.7 Å². The van der Waals surface area contributed by atoms with Crippen molar-refractivity contribution in [2.24, 2.45) is 5.92 Å². The van der Waals surface area contributed by atoms with Crippen LogP contribution in [0.4, 0.5) is 13.2 Å². The Kier molecular flexibility index (Phi) is 7.42. The van der Waals surface area contributed by atoms with Crippen molar-refractivity contribution < 1.29 is 17.9 Å². The fourth-order valence-corrected chi connectivity index (χ4v) is 5.17. The van der Waals surface area contributed by atoms with Gasteiger partial charge in [0.05, 0.1) is 6.61 Å². The smallest absolute Gasteiger partial charge is 0.190 e. The van der Waals surface area contributed by atoms with Crippen LogP contribution in [0.5, 0.6) is 5.75 Å². The van der Waals surface area contributed by atoms with Gasteiger partial charge in [0, 0.05) is 5.56 Å². The second-order valence-corrected chi connectivity index (χ2v) is 9.21. The van der Waals surface area contributed by atoms with Crippen LogP contribution in [-0.4, -0.2) is 6.61 Å². The molecule has 3 aromatic rings. The molecule has 174 valence electrons.